The Balaban J connectivity index is 1.69. The SMILES string of the molecule is C=CCn1c(=O)c2cnc(Nc3ccc(N4CCC(C)(N)CC4)cc3)nc2n1C(/C=C\C=O)=N/N(C)C(C)C. The van der Waals surface area contributed by atoms with Gasteiger partial charge in [-0.25, -0.2) is 14.3 Å². The second-order valence-electron chi connectivity index (χ2n) is 10.4. The molecule has 0 unspecified atom stereocenters. The van der Waals surface area contributed by atoms with Gasteiger partial charge in [-0.3, -0.25) is 14.6 Å². The Morgan fingerprint density at radius 1 is 1.28 bits per heavy atom. The minimum absolute atomic E-state index is 0.0885. The fraction of sp³-hybridized carbons (Fsp3) is 0.393. The normalized spacial score (nSPS) is 15.7. The maximum Gasteiger partial charge on any atom is 0.278 e. The number of aromatic nitrogens is 4. The highest BCUT2D eigenvalue weighted by atomic mass is 16.1. The molecule has 1 saturated heterocycles. The van der Waals surface area contributed by atoms with Gasteiger partial charge in [0.15, 0.2) is 11.5 Å². The summed E-state index contributed by atoms with van der Waals surface area (Å²) >= 11 is 0. The van der Waals surface area contributed by atoms with Gasteiger partial charge in [-0.1, -0.05) is 6.08 Å². The summed E-state index contributed by atoms with van der Waals surface area (Å²) in [6.07, 6.45) is 8.57. The van der Waals surface area contributed by atoms with E-state index in [0.717, 1.165) is 37.3 Å². The summed E-state index contributed by atoms with van der Waals surface area (Å²) in [5, 5.41) is 9.96. The fourth-order valence-corrected chi connectivity index (χ4v) is 4.32. The first-order valence-electron chi connectivity index (χ1n) is 13.1. The van der Waals surface area contributed by atoms with Crippen LogP contribution in [0.2, 0.25) is 0 Å². The zero-order valence-corrected chi connectivity index (χ0v) is 23.0. The van der Waals surface area contributed by atoms with E-state index >= 15 is 0 Å². The third-order valence-corrected chi connectivity index (χ3v) is 6.92. The Hall–Kier alpha value is -4.25. The van der Waals surface area contributed by atoms with Gasteiger partial charge in [-0.05, 0) is 70.0 Å². The van der Waals surface area contributed by atoms with Gasteiger partial charge in [0.05, 0.1) is 6.54 Å². The molecule has 2 aromatic heterocycles. The van der Waals surface area contributed by atoms with Gasteiger partial charge in [0.25, 0.3) is 5.56 Å². The molecule has 206 valence electrons. The molecule has 4 rings (SSSR count). The van der Waals surface area contributed by atoms with Crippen molar-refractivity contribution < 1.29 is 4.79 Å². The van der Waals surface area contributed by atoms with Gasteiger partial charge >= 0.3 is 0 Å². The Morgan fingerprint density at radius 2 is 1.97 bits per heavy atom. The number of fused-ring (bicyclic) bond motifs is 1. The topological polar surface area (TPSA) is 127 Å². The number of hydrogen-bond donors (Lipinski definition) is 2. The van der Waals surface area contributed by atoms with Crippen LogP contribution in [0.3, 0.4) is 0 Å². The quantitative estimate of drug-likeness (QED) is 0.108. The van der Waals surface area contributed by atoms with Crippen LogP contribution < -0.4 is 21.5 Å². The molecular weight excluding hydrogens is 494 g/mol. The Morgan fingerprint density at radius 3 is 2.59 bits per heavy atom. The number of benzene rings is 1. The van der Waals surface area contributed by atoms with Crippen molar-refractivity contribution >= 4 is 40.5 Å². The molecule has 0 bridgehead atoms. The van der Waals surface area contributed by atoms with Crippen LogP contribution in [-0.4, -0.2) is 68.2 Å². The molecule has 0 radical (unpaired) electrons. The first-order chi connectivity index (χ1) is 18.6. The monoisotopic (exact) mass is 531 g/mol. The Kier molecular flexibility index (Phi) is 8.29. The highest BCUT2D eigenvalue weighted by Crippen LogP contribution is 2.26. The summed E-state index contributed by atoms with van der Waals surface area (Å²) in [5.41, 5.74) is 8.21. The van der Waals surface area contributed by atoms with Crippen molar-refractivity contribution in [3.05, 3.63) is 65.6 Å². The average Bonchev–Trinajstić information content (AvgIpc) is 3.17. The zero-order chi connectivity index (χ0) is 28.2. The minimum Gasteiger partial charge on any atom is -0.371 e. The number of anilines is 3. The van der Waals surface area contributed by atoms with Crippen molar-refractivity contribution in [2.45, 2.75) is 51.7 Å². The van der Waals surface area contributed by atoms with Gasteiger partial charge < -0.3 is 16.0 Å². The highest BCUT2D eigenvalue weighted by molar-refractivity contribution is 6.01. The lowest BCUT2D eigenvalue weighted by Crippen LogP contribution is -2.48. The maximum atomic E-state index is 13.3. The summed E-state index contributed by atoms with van der Waals surface area (Å²) in [7, 11) is 1.82. The number of nitrogens with zero attached hydrogens (tertiary/aromatic N) is 7. The van der Waals surface area contributed by atoms with Crippen LogP contribution in [0.25, 0.3) is 11.0 Å². The van der Waals surface area contributed by atoms with Crippen LogP contribution in [0.4, 0.5) is 17.3 Å². The van der Waals surface area contributed by atoms with Gasteiger partial charge in [-0.2, -0.15) is 10.1 Å². The smallest absolute Gasteiger partial charge is 0.278 e. The van der Waals surface area contributed by atoms with Crippen molar-refractivity contribution in [2.24, 2.45) is 10.8 Å². The number of hydrazone groups is 1. The number of piperidine rings is 1. The molecule has 11 heteroatoms. The van der Waals surface area contributed by atoms with E-state index in [2.05, 4.69) is 50.9 Å². The average molecular weight is 532 g/mol. The van der Waals surface area contributed by atoms with Gasteiger partial charge in [0.1, 0.15) is 11.7 Å². The molecule has 0 atom stereocenters. The van der Waals surface area contributed by atoms with E-state index in [0.29, 0.717) is 29.1 Å². The molecule has 0 spiro atoms. The Labute approximate surface area is 228 Å². The van der Waals surface area contributed by atoms with Crippen LogP contribution in [0, 0.1) is 0 Å². The first-order valence-corrected chi connectivity index (χ1v) is 13.1. The molecule has 0 aliphatic carbocycles. The molecule has 1 aliphatic rings. The number of nitrogens with one attached hydrogen (secondary N) is 1. The predicted octanol–water partition coefficient (Wildman–Crippen LogP) is 3.10. The molecular formula is C28H37N9O2. The second kappa shape index (κ2) is 11.6. The predicted molar refractivity (Wildman–Crippen MR) is 157 cm³/mol. The summed E-state index contributed by atoms with van der Waals surface area (Å²) in [6, 6.07) is 8.17. The molecule has 0 amide bonds. The molecule has 0 saturated carbocycles. The molecule has 11 nitrogen and oxygen atoms in total. The number of carbonyl (C=O) groups is 1. The first kappa shape index (κ1) is 27.8. The van der Waals surface area contributed by atoms with Crippen LogP contribution in [0.1, 0.15) is 33.6 Å². The molecule has 1 aromatic carbocycles. The lowest BCUT2D eigenvalue weighted by Gasteiger charge is -2.38. The fourth-order valence-electron chi connectivity index (χ4n) is 4.32. The van der Waals surface area contributed by atoms with Crippen LogP contribution >= 0.6 is 0 Å². The van der Waals surface area contributed by atoms with Gasteiger partial charge in [0.2, 0.25) is 5.95 Å². The van der Waals surface area contributed by atoms with E-state index in [-0.39, 0.29) is 23.7 Å². The maximum absolute atomic E-state index is 13.3. The number of allylic oxidation sites excluding steroid dienone is 3. The summed E-state index contributed by atoms with van der Waals surface area (Å²) < 4.78 is 3.06. The molecule has 3 heterocycles. The molecule has 3 N–H and O–H groups in total. The molecule has 3 aromatic rings. The number of aldehydes is 1. The van der Waals surface area contributed by atoms with Gasteiger partial charge in [-0.15, -0.1) is 6.58 Å². The minimum atomic E-state index is -0.282. The van der Waals surface area contributed by atoms with Crippen molar-refractivity contribution in [1.82, 2.24) is 24.3 Å². The molecule has 39 heavy (non-hydrogen) atoms. The standard InChI is InChI=1S/C28H37N9O2/c1-6-15-36-26(39)23-19-30-27(32-25(23)37(36)24(8-7-18-38)33-34(5)20(2)3)31-21-9-11-22(12-10-21)35-16-13-28(4,29)14-17-35/h6-12,18-20H,1,13-17,29H2,2-5H3,(H,30,31,32)/b8-7-,33-24+. The zero-order valence-electron chi connectivity index (χ0n) is 23.0. The lowest BCUT2D eigenvalue weighted by molar-refractivity contribution is -0.104. The summed E-state index contributed by atoms with van der Waals surface area (Å²) in [6.45, 7) is 11.9. The van der Waals surface area contributed by atoms with Gasteiger partial charge in [0, 0.05) is 49.3 Å². The van der Waals surface area contributed by atoms with Crippen LogP contribution in [0.15, 0.2) is 65.2 Å². The van der Waals surface area contributed by atoms with E-state index in [1.807, 2.05) is 33.0 Å². The molecule has 1 aliphatic heterocycles. The third-order valence-electron chi connectivity index (χ3n) is 6.92. The summed E-state index contributed by atoms with van der Waals surface area (Å²) in [4.78, 5) is 35.8. The second-order valence-corrected chi connectivity index (χ2v) is 10.4. The van der Waals surface area contributed by atoms with E-state index in [9.17, 15) is 9.59 Å². The van der Waals surface area contributed by atoms with Crippen LogP contribution in [0.5, 0.6) is 0 Å². The summed E-state index contributed by atoms with van der Waals surface area (Å²) in [5.74, 6) is 0.684. The van der Waals surface area contributed by atoms with E-state index in [1.54, 1.807) is 21.8 Å². The Bertz CT molecular complexity index is 1440. The van der Waals surface area contributed by atoms with Crippen LogP contribution in [-0.2, 0) is 11.3 Å². The van der Waals surface area contributed by atoms with E-state index < -0.39 is 0 Å². The van der Waals surface area contributed by atoms with E-state index in [4.69, 9.17) is 5.73 Å². The number of nitrogens with two attached hydrogens (primary N) is 1. The molecule has 1 fully saturated rings. The highest BCUT2D eigenvalue weighted by Gasteiger charge is 2.26. The number of hydrogen-bond acceptors (Lipinski definition) is 9. The third kappa shape index (κ3) is 6.26. The van der Waals surface area contributed by atoms with E-state index in [1.165, 1.54) is 17.0 Å². The number of carbonyl (C=O) groups excluding carboxylic acids is 1. The van der Waals surface area contributed by atoms with Crippen molar-refractivity contribution in [1.29, 1.82) is 0 Å². The number of rotatable bonds is 9. The lowest BCUT2D eigenvalue weighted by atomic mass is 9.91. The van der Waals surface area contributed by atoms with Crippen molar-refractivity contribution in [3.8, 4) is 0 Å². The largest absolute Gasteiger partial charge is 0.371 e. The van der Waals surface area contributed by atoms with Crippen molar-refractivity contribution in [3.63, 3.8) is 0 Å². The van der Waals surface area contributed by atoms with Crippen molar-refractivity contribution in [2.75, 3.05) is 30.4 Å².